The standard InChI is InChI=1S/C11H14N2O/c1-3-5-11(14)13-9(2)10-6-4-7-12-8-10/h3-9H,1-2H3,(H,13,14)/b5-3+. The van der Waals surface area contributed by atoms with Crippen LogP contribution in [0.2, 0.25) is 0 Å². The molecule has 0 spiro atoms. The van der Waals surface area contributed by atoms with Crippen LogP contribution in [0, 0.1) is 0 Å². The number of hydrogen-bond donors (Lipinski definition) is 1. The quantitative estimate of drug-likeness (QED) is 0.739. The van der Waals surface area contributed by atoms with E-state index in [1.807, 2.05) is 26.0 Å². The first-order valence-corrected chi connectivity index (χ1v) is 4.57. The molecule has 14 heavy (non-hydrogen) atoms. The van der Waals surface area contributed by atoms with Gasteiger partial charge in [0, 0.05) is 12.4 Å². The van der Waals surface area contributed by atoms with E-state index in [9.17, 15) is 4.79 Å². The van der Waals surface area contributed by atoms with Gasteiger partial charge in [0.1, 0.15) is 0 Å². The normalized spacial score (nSPS) is 12.7. The molecule has 0 bridgehead atoms. The number of amides is 1. The second-order valence-corrected chi connectivity index (χ2v) is 3.02. The molecule has 0 radical (unpaired) electrons. The molecule has 0 aromatic carbocycles. The van der Waals surface area contributed by atoms with Gasteiger partial charge in [-0.25, -0.2) is 0 Å². The fourth-order valence-electron chi connectivity index (χ4n) is 1.13. The minimum atomic E-state index is -0.0798. The van der Waals surface area contributed by atoms with E-state index in [-0.39, 0.29) is 11.9 Å². The summed E-state index contributed by atoms with van der Waals surface area (Å²) < 4.78 is 0. The van der Waals surface area contributed by atoms with E-state index < -0.39 is 0 Å². The summed E-state index contributed by atoms with van der Waals surface area (Å²) in [7, 11) is 0. The highest BCUT2D eigenvalue weighted by Gasteiger charge is 2.06. The Morgan fingerprint density at radius 2 is 2.43 bits per heavy atom. The maximum absolute atomic E-state index is 11.2. The fourth-order valence-corrected chi connectivity index (χ4v) is 1.13. The minimum absolute atomic E-state index is 0.00704. The average molecular weight is 190 g/mol. The van der Waals surface area contributed by atoms with Gasteiger partial charge in [-0.2, -0.15) is 0 Å². The summed E-state index contributed by atoms with van der Waals surface area (Å²) in [5.41, 5.74) is 1.00. The first kappa shape index (κ1) is 10.4. The Bertz CT molecular complexity index is 319. The van der Waals surface area contributed by atoms with Crippen molar-refractivity contribution in [2.45, 2.75) is 19.9 Å². The monoisotopic (exact) mass is 190 g/mol. The molecule has 3 nitrogen and oxygen atoms in total. The number of hydrogen-bond acceptors (Lipinski definition) is 2. The lowest BCUT2D eigenvalue weighted by Gasteiger charge is -2.11. The molecular formula is C11H14N2O. The van der Waals surface area contributed by atoms with Gasteiger partial charge in [-0.15, -0.1) is 0 Å². The Labute approximate surface area is 83.9 Å². The van der Waals surface area contributed by atoms with Crippen LogP contribution in [-0.2, 0) is 4.79 Å². The summed E-state index contributed by atoms with van der Waals surface area (Å²) in [4.78, 5) is 15.2. The zero-order chi connectivity index (χ0) is 10.4. The molecule has 1 rings (SSSR count). The van der Waals surface area contributed by atoms with Crippen molar-refractivity contribution < 1.29 is 4.79 Å². The van der Waals surface area contributed by atoms with Crippen molar-refractivity contribution in [2.75, 3.05) is 0 Å². The second kappa shape index (κ2) is 5.17. The van der Waals surface area contributed by atoms with Crippen LogP contribution >= 0.6 is 0 Å². The van der Waals surface area contributed by atoms with Crippen molar-refractivity contribution >= 4 is 5.91 Å². The van der Waals surface area contributed by atoms with Gasteiger partial charge < -0.3 is 5.32 Å². The van der Waals surface area contributed by atoms with Gasteiger partial charge >= 0.3 is 0 Å². The Kier molecular flexibility index (Phi) is 3.85. The first-order chi connectivity index (χ1) is 6.74. The topological polar surface area (TPSA) is 42.0 Å². The summed E-state index contributed by atoms with van der Waals surface area (Å²) in [6.07, 6.45) is 6.68. The molecule has 1 N–H and O–H groups in total. The predicted molar refractivity (Wildman–Crippen MR) is 55.6 cm³/mol. The molecule has 0 fully saturated rings. The number of nitrogens with one attached hydrogen (secondary N) is 1. The molecule has 1 unspecified atom stereocenters. The lowest BCUT2D eigenvalue weighted by molar-refractivity contribution is -0.117. The van der Waals surface area contributed by atoms with Crippen molar-refractivity contribution in [2.24, 2.45) is 0 Å². The summed E-state index contributed by atoms with van der Waals surface area (Å²) >= 11 is 0. The maximum Gasteiger partial charge on any atom is 0.244 e. The molecule has 0 saturated heterocycles. The summed E-state index contributed by atoms with van der Waals surface area (Å²) in [6, 6.07) is 3.79. The smallest absolute Gasteiger partial charge is 0.244 e. The van der Waals surface area contributed by atoms with Crippen LogP contribution in [0.3, 0.4) is 0 Å². The van der Waals surface area contributed by atoms with Gasteiger partial charge in [0.05, 0.1) is 6.04 Å². The molecule has 0 aliphatic rings. The van der Waals surface area contributed by atoms with Crippen LogP contribution in [-0.4, -0.2) is 10.9 Å². The maximum atomic E-state index is 11.2. The van der Waals surface area contributed by atoms with Crippen LogP contribution in [0.15, 0.2) is 36.7 Å². The molecule has 1 amide bonds. The Hall–Kier alpha value is -1.64. The van der Waals surface area contributed by atoms with Crippen LogP contribution in [0.4, 0.5) is 0 Å². The molecule has 1 aromatic heterocycles. The van der Waals surface area contributed by atoms with Gasteiger partial charge in [-0.1, -0.05) is 12.1 Å². The summed E-state index contributed by atoms with van der Waals surface area (Å²) in [6.45, 7) is 3.74. The number of allylic oxidation sites excluding steroid dienone is 1. The van der Waals surface area contributed by atoms with E-state index in [1.54, 1.807) is 18.5 Å². The number of pyridine rings is 1. The SMILES string of the molecule is C/C=C/C(=O)NC(C)c1cccnc1. The van der Waals surface area contributed by atoms with Gasteiger partial charge in [0.15, 0.2) is 0 Å². The number of aromatic nitrogens is 1. The third-order valence-corrected chi connectivity index (χ3v) is 1.86. The van der Waals surface area contributed by atoms with Gasteiger partial charge in [-0.3, -0.25) is 9.78 Å². The molecule has 3 heteroatoms. The number of carbonyl (C=O) groups excluding carboxylic acids is 1. The van der Waals surface area contributed by atoms with E-state index in [4.69, 9.17) is 0 Å². The highest BCUT2D eigenvalue weighted by molar-refractivity contribution is 5.87. The summed E-state index contributed by atoms with van der Waals surface area (Å²) in [5, 5.41) is 2.83. The number of rotatable bonds is 3. The lowest BCUT2D eigenvalue weighted by Crippen LogP contribution is -2.24. The minimum Gasteiger partial charge on any atom is -0.346 e. The largest absolute Gasteiger partial charge is 0.346 e. The van der Waals surface area contributed by atoms with E-state index >= 15 is 0 Å². The van der Waals surface area contributed by atoms with Crippen molar-refractivity contribution in [1.82, 2.24) is 10.3 Å². The predicted octanol–water partition coefficient (Wildman–Crippen LogP) is 1.83. The van der Waals surface area contributed by atoms with E-state index in [2.05, 4.69) is 10.3 Å². The van der Waals surface area contributed by atoms with Crippen molar-refractivity contribution in [1.29, 1.82) is 0 Å². The number of nitrogens with zero attached hydrogens (tertiary/aromatic N) is 1. The third-order valence-electron chi connectivity index (χ3n) is 1.86. The van der Waals surface area contributed by atoms with Gasteiger partial charge in [-0.05, 0) is 31.6 Å². The van der Waals surface area contributed by atoms with Crippen molar-refractivity contribution in [3.05, 3.63) is 42.2 Å². The van der Waals surface area contributed by atoms with Crippen molar-refractivity contribution in [3.8, 4) is 0 Å². The van der Waals surface area contributed by atoms with Gasteiger partial charge in [0.2, 0.25) is 5.91 Å². The van der Waals surface area contributed by atoms with Gasteiger partial charge in [0.25, 0.3) is 0 Å². The first-order valence-electron chi connectivity index (χ1n) is 4.57. The Morgan fingerprint density at radius 1 is 1.64 bits per heavy atom. The lowest BCUT2D eigenvalue weighted by atomic mass is 10.1. The average Bonchev–Trinajstić information content (AvgIpc) is 2.19. The van der Waals surface area contributed by atoms with Crippen molar-refractivity contribution in [3.63, 3.8) is 0 Å². The van der Waals surface area contributed by atoms with E-state index in [0.29, 0.717) is 0 Å². The number of carbonyl (C=O) groups is 1. The Balaban J connectivity index is 2.59. The fraction of sp³-hybridized carbons (Fsp3) is 0.273. The highest BCUT2D eigenvalue weighted by atomic mass is 16.1. The zero-order valence-electron chi connectivity index (χ0n) is 8.40. The molecule has 0 aliphatic heterocycles. The zero-order valence-corrected chi connectivity index (χ0v) is 8.40. The molecule has 0 saturated carbocycles. The highest BCUT2D eigenvalue weighted by Crippen LogP contribution is 2.09. The third kappa shape index (κ3) is 3.01. The van der Waals surface area contributed by atoms with Crippen LogP contribution in [0.25, 0.3) is 0 Å². The van der Waals surface area contributed by atoms with E-state index in [1.165, 1.54) is 6.08 Å². The van der Waals surface area contributed by atoms with Crippen LogP contribution in [0.5, 0.6) is 0 Å². The van der Waals surface area contributed by atoms with Crippen LogP contribution < -0.4 is 5.32 Å². The molecule has 74 valence electrons. The Morgan fingerprint density at radius 3 is 3.00 bits per heavy atom. The van der Waals surface area contributed by atoms with Crippen LogP contribution in [0.1, 0.15) is 25.5 Å². The molecular weight excluding hydrogens is 176 g/mol. The molecule has 1 atom stereocenters. The summed E-state index contributed by atoms with van der Waals surface area (Å²) in [5.74, 6) is -0.0798. The van der Waals surface area contributed by atoms with E-state index in [0.717, 1.165) is 5.56 Å². The molecule has 1 aromatic rings. The molecule has 0 aliphatic carbocycles. The molecule has 1 heterocycles. The second-order valence-electron chi connectivity index (χ2n) is 3.02.